The molecule has 10 aromatic rings. The van der Waals surface area contributed by atoms with E-state index in [1.165, 1.54) is 54.1 Å². The minimum Gasteiger partial charge on any atom is -0.309 e. The molecule has 0 fully saturated rings. The average molecular weight is 624 g/mol. The van der Waals surface area contributed by atoms with Gasteiger partial charge in [0.1, 0.15) is 0 Å². The number of hydrogen-bond donors (Lipinski definition) is 0. The van der Waals surface area contributed by atoms with Gasteiger partial charge in [-0.25, -0.2) is 9.97 Å². The lowest BCUT2D eigenvalue weighted by molar-refractivity contribution is 1.17. The van der Waals surface area contributed by atoms with Gasteiger partial charge in [-0.2, -0.15) is 0 Å². The molecule has 10 rings (SSSR count). The maximum absolute atomic E-state index is 5.08. The summed E-state index contributed by atoms with van der Waals surface area (Å²) in [7, 11) is 0. The lowest BCUT2D eigenvalue weighted by Gasteiger charge is -2.13. The van der Waals surface area contributed by atoms with E-state index in [2.05, 4.69) is 156 Å². The van der Waals surface area contributed by atoms with Gasteiger partial charge in [-0.05, 0) is 51.2 Å². The van der Waals surface area contributed by atoms with Gasteiger partial charge >= 0.3 is 0 Å². The van der Waals surface area contributed by atoms with E-state index in [4.69, 9.17) is 9.97 Å². The highest BCUT2D eigenvalue weighted by Gasteiger charge is 2.20. The fraction of sp³-hybridized carbons (Fsp3) is 0. The Bertz CT molecular complexity index is 2790. The van der Waals surface area contributed by atoms with Gasteiger partial charge in [0.05, 0.1) is 22.4 Å². The second-order valence-electron chi connectivity index (χ2n) is 12.6. The molecule has 0 aliphatic heterocycles. The molecule has 0 atom stereocenters. The smallest absolute Gasteiger partial charge is 0.160 e. The van der Waals surface area contributed by atoms with E-state index in [0.29, 0.717) is 5.82 Å². The van der Waals surface area contributed by atoms with Crippen molar-refractivity contribution in [3.63, 3.8) is 0 Å². The predicted molar refractivity (Wildman–Crippen MR) is 205 cm³/mol. The number of aromatic nitrogens is 3. The Kier molecular flexibility index (Phi) is 6.18. The van der Waals surface area contributed by atoms with Crippen molar-refractivity contribution in [1.82, 2.24) is 14.5 Å². The summed E-state index contributed by atoms with van der Waals surface area (Å²) in [5, 5.41) is 10.2. The molecule has 3 heteroatoms. The monoisotopic (exact) mass is 623 g/mol. The van der Waals surface area contributed by atoms with E-state index in [1.807, 2.05) is 24.3 Å². The minimum atomic E-state index is 0.716. The lowest BCUT2D eigenvalue weighted by atomic mass is 9.95. The molecule has 0 spiro atoms. The summed E-state index contributed by atoms with van der Waals surface area (Å²) in [4.78, 5) is 10.1. The van der Waals surface area contributed by atoms with Gasteiger partial charge in [-0.15, -0.1) is 0 Å². The molecule has 0 saturated carbocycles. The standard InChI is InChI=1S/C46H29N3/c1-3-14-31(15-4-1)40-29-41(48-46(47-40)33-16-5-2-6-17-33)32-23-26-34(27-24-32)49-42-28-25-30-13-7-8-18-35(30)43(42)44-38-21-11-9-19-36(38)37-20-10-12-22-39(37)45(44)49/h1-29H. The van der Waals surface area contributed by atoms with Crippen LogP contribution in [0.4, 0.5) is 0 Å². The molecule has 0 aliphatic carbocycles. The van der Waals surface area contributed by atoms with E-state index in [9.17, 15) is 0 Å². The molecule has 0 N–H and O–H groups in total. The van der Waals surface area contributed by atoms with Crippen LogP contribution in [-0.2, 0) is 0 Å². The molecule has 0 amide bonds. The van der Waals surface area contributed by atoms with Crippen LogP contribution >= 0.6 is 0 Å². The van der Waals surface area contributed by atoms with Crippen LogP contribution in [0.3, 0.4) is 0 Å². The van der Waals surface area contributed by atoms with Gasteiger partial charge in [-0.1, -0.05) is 152 Å². The van der Waals surface area contributed by atoms with Crippen LogP contribution < -0.4 is 0 Å². The van der Waals surface area contributed by atoms with Crippen molar-refractivity contribution in [3.05, 3.63) is 176 Å². The minimum absolute atomic E-state index is 0.716. The highest BCUT2D eigenvalue weighted by molar-refractivity contribution is 6.35. The first kappa shape index (κ1) is 27.5. The Morgan fingerprint density at radius 1 is 0.367 bits per heavy atom. The molecule has 0 saturated heterocycles. The van der Waals surface area contributed by atoms with Gasteiger partial charge < -0.3 is 4.57 Å². The van der Waals surface area contributed by atoms with Crippen molar-refractivity contribution in [2.45, 2.75) is 0 Å². The highest BCUT2D eigenvalue weighted by atomic mass is 15.0. The largest absolute Gasteiger partial charge is 0.309 e. The van der Waals surface area contributed by atoms with Crippen LogP contribution in [-0.4, -0.2) is 14.5 Å². The third-order valence-corrected chi connectivity index (χ3v) is 9.78. The molecule has 8 aromatic carbocycles. The van der Waals surface area contributed by atoms with E-state index in [-0.39, 0.29) is 0 Å². The zero-order chi connectivity index (χ0) is 32.3. The number of fused-ring (bicyclic) bond motifs is 10. The Balaban J connectivity index is 1.23. The van der Waals surface area contributed by atoms with Crippen LogP contribution in [0.1, 0.15) is 0 Å². The van der Waals surface area contributed by atoms with Crippen molar-refractivity contribution >= 4 is 54.1 Å². The third kappa shape index (κ3) is 4.37. The van der Waals surface area contributed by atoms with E-state index >= 15 is 0 Å². The summed E-state index contributed by atoms with van der Waals surface area (Å²) in [5.41, 5.74) is 8.44. The highest BCUT2D eigenvalue weighted by Crippen LogP contribution is 2.44. The van der Waals surface area contributed by atoms with Crippen LogP contribution in [0.2, 0.25) is 0 Å². The molecule has 3 nitrogen and oxygen atoms in total. The summed E-state index contributed by atoms with van der Waals surface area (Å²) in [5.74, 6) is 0.716. The Hall–Kier alpha value is -6.58. The molecule has 0 radical (unpaired) electrons. The van der Waals surface area contributed by atoms with E-state index in [1.54, 1.807) is 0 Å². The van der Waals surface area contributed by atoms with E-state index in [0.717, 1.165) is 33.8 Å². The molecule has 49 heavy (non-hydrogen) atoms. The molecule has 0 aliphatic rings. The van der Waals surface area contributed by atoms with Crippen LogP contribution in [0, 0.1) is 0 Å². The molecular formula is C46H29N3. The van der Waals surface area contributed by atoms with Gasteiger partial charge in [-0.3, -0.25) is 0 Å². The maximum Gasteiger partial charge on any atom is 0.160 e. The molecule has 2 heterocycles. The zero-order valence-corrected chi connectivity index (χ0v) is 26.6. The van der Waals surface area contributed by atoms with E-state index < -0.39 is 0 Å². The average Bonchev–Trinajstić information content (AvgIpc) is 3.55. The Morgan fingerprint density at radius 2 is 0.898 bits per heavy atom. The van der Waals surface area contributed by atoms with Crippen molar-refractivity contribution in [3.8, 4) is 39.6 Å². The Morgan fingerprint density at radius 3 is 1.59 bits per heavy atom. The predicted octanol–water partition coefficient (Wildman–Crippen LogP) is 12.0. The molecule has 228 valence electrons. The second-order valence-corrected chi connectivity index (χ2v) is 12.6. The van der Waals surface area contributed by atoms with Crippen molar-refractivity contribution in [1.29, 1.82) is 0 Å². The van der Waals surface area contributed by atoms with Crippen LogP contribution in [0.15, 0.2) is 176 Å². The molecule has 0 bridgehead atoms. The third-order valence-electron chi connectivity index (χ3n) is 9.78. The number of nitrogens with zero attached hydrogens (tertiary/aromatic N) is 3. The summed E-state index contributed by atoms with van der Waals surface area (Å²) in [6.45, 7) is 0. The zero-order valence-electron chi connectivity index (χ0n) is 26.6. The molecular weight excluding hydrogens is 595 g/mol. The van der Waals surface area contributed by atoms with Gasteiger partial charge in [0, 0.05) is 38.5 Å². The quantitative estimate of drug-likeness (QED) is 0.183. The summed E-state index contributed by atoms with van der Waals surface area (Å²) in [6, 6.07) is 62.5. The van der Waals surface area contributed by atoms with Gasteiger partial charge in [0.25, 0.3) is 0 Å². The SMILES string of the molecule is c1ccc(-c2cc(-c3ccc(-n4c5ccc6ccccc6c5c5c6ccccc6c6ccccc6c54)cc3)nc(-c3ccccc3)n2)cc1. The topological polar surface area (TPSA) is 30.7 Å². The normalized spacial score (nSPS) is 11.7. The first-order chi connectivity index (χ1) is 24.3. The van der Waals surface area contributed by atoms with Crippen molar-refractivity contribution < 1.29 is 0 Å². The van der Waals surface area contributed by atoms with Gasteiger partial charge in [0.2, 0.25) is 0 Å². The van der Waals surface area contributed by atoms with Crippen LogP contribution in [0.5, 0.6) is 0 Å². The Labute approximate surface area is 283 Å². The maximum atomic E-state index is 5.08. The lowest BCUT2D eigenvalue weighted by Crippen LogP contribution is -1.97. The second kappa shape index (κ2) is 11.0. The first-order valence-corrected chi connectivity index (χ1v) is 16.7. The van der Waals surface area contributed by atoms with Crippen molar-refractivity contribution in [2.24, 2.45) is 0 Å². The molecule has 2 aromatic heterocycles. The fourth-order valence-electron chi connectivity index (χ4n) is 7.56. The van der Waals surface area contributed by atoms with Crippen molar-refractivity contribution in [2.75, 3.05) is 0 Å². The summed E-state index contributed by atoms with van der Waals surface area (Å²) >= 11 is 0. The first-order valence-electron chi connectivity index (χ1n) is 16.7. The summed E-state index contributed by atoms with van der Waals surface area (Å²) in [6.07, 6.45) is 0. The van der Waals surface area contributed by atoms with Crippen LogP contribution in [0.25, 0.3) is 93.7 Å². The molecule has 0 unspecified atom stereocenters. The number of benzene rings is 8. The number of hydrogen-bond acceptors (Lipinski definition) is 2. The summed E-state index contributed by atoms with van der Waals surface area (Å²) < 4.78 is 2.46. The van der Waals surface area contributed by atoms with Gasteiger partial charge in [0.15, 0.2) is 5.82 Å². The fourth-order valence-corrected chi connectivity index (χ4v) is 7.56. The number of rotatable bonds is 4.